The molecule has 0 aliphatic rings. The van der Waals surface area contributed by atoms with Gasteiger partial charge < -0.3 is 10.6 Å². The Morgan fingerprint density at radius 2 is 2.31 bits per heavy atom. The molecular formula is C11H20N4O. The monoisotopic (exact) mass is 224 g/mol. The summed E-state index contributed by atoms with van der Waals surface area (Å²) in [4.78, 5) is 11.6. The number of anilines is 1. The number of aryl methyl sites for hydroxylation is 2. The van der Waals surface area contributed by atoms with Crippen LogP contribution in [0, 0.1) is 6.92 Å². The predicted octanol–water partition coefficient (Wildman–Crippen LogP) is 1.06. The van der Waals surface area contributed by atoms with Crippen LogP contribution in [0.1, 0.15) is 26.0 Å². The van der Waals surface area contributed by atoms with Crippen molar-refractivity contribution in [1.82, 2.24) is 15.1 Å². The lowest BCUT2D eigenvalue weighted by atomic mass is 10.2. The molecule has 1 heterocycles. The molecule has 0 radical (unpaired) electrons. The van der Waals surface area contributed by atoms with Crippen LogP contribution < -0.4 is 10.6 Å². The van der Waals surface area contributed by atoms with E-state index in [2.05, 4.69) is 29.6 Å². The lowest BCUT2D eigenvalue weighted by Crippen LogP contribution is -2.34. The fourth-order valence-corrected chi connectivity index (χ4v) is 1.33. The van der Waals surface area contributed by atoms with Gasteiger partial charge in [0.1, 0.15) is 5.82 Å². The molecule has 5 nitrogen and oxygen atoms in total. The summed E-state index contributed by atoms with van der Waals surface area (Å²) < 4.78 is 1.66. The number of amides is 1. The molecule has 0 fully saturated rings. The van der Waals surface area contributed by atoms with E-state index in [9.17, 15) is 4.79 Å². The Labute approximate surface area is 96.2 Å². The van der Waals surface area contributed by atoms with E-state index < -0.39 is 0 Å². The van der Waals surface area contributed by atoms with E-state index in [1.54, 1.807) is 4.68 Å². The molecule has 1 atom stereocenters. The van der Waals surface area contributed by atoms with Gasteiger partial charge in [0.05, 0.1) is 12.2 Å². The van der Waals surface area contributed by atoms with Crippen molar-refractivity contribution in [1.29, 1.82) is 0 Å². The molecule has 0 aromatic carbocycles. The minimum absolute atomic E-state index is 0.0386. The molecule has 0 bridgehead atoms. The van der Waals surface area contributed by atoms with Gasteiger partial charge in [0.25, 0.3) is 0 Å². The van der Waals surface area contributed by atoms with Gasteiger partial charge in [-0.05, 0) is 20.3 Å². The Hall–Kier alpha value is -1.36. The van der Waals surface area contributed by atoms with E-state index in [4.69, 9.17) is 0 Å². The smallest absolute Gasteiger partial charge is 0.239 e. The van der Waals surface area contributed by atoms with Crippen molar-refractivity contribution in [3.63, 3.8) is 0 Å². The molecule has 0 saturated carbocycles. The fraction of sp³-hybridized carbons (Fsp3) is 0.636. The minimum Gasteiger partial charge on any atom is -0.310 e. The van der Waals surface area contributed by atoms with Crippen LogP contribution in [0.15, 0.2) is 6.07 Å². The van der Waals surface area contributed by atoms with E-state index in [1.807, 2.05) is 20.0 Å². The number of hydrogen-bond donors (Lipinski definition) is 2. The van der Waals surface area contributed by atoms with E-state index in [1.165, 1.54) is 0 Å². The second-order valence-electron chi connectivity index (χ2n) is 4.03. The molecule has 16 heavy (non-hydrogen) atoms. The Bertz CT molecular complexity index is 359. The second kappa shape index (κ2) is 5.65. The van der Waals surface area contributed by atoms with Crippen LogP contribution in [-0.2, 0) is 11.8 Å². The van der Waals surface area contributed by atoms with Crippen molar-refractivity contribution in [2.24, 2.45) is 7.05 Å². The third kappa shape index (κ3) is 3.66. The van der Waals surface area contributed by atoms with Crippen molar-refractivity contribution < 1.29 is 4.79 Å². The van der Waals surface area contributed by atoms with E-state index >= 15 is 0 Å². The Morgan fingerprint density at radius 3 is 2.81 bits per heavy atom. The summed E-state index contributed by atoms with van der Waals surface area (Å²) in [6.07, 6.45) is 1.01. The largest absolute Gasteiger partial charge is 0.310 e. The number of nitrogens with zero attached hydrogens (tertiary/aromatic N) is 2. The van der Waals surface area contributed by atoms with Gasteiger partial charge in [0, 0.05) is 19.2 Å². The maximum Gasteiger partial charge on any atom is 0.239 e. The highest BCUT2D eigenvalue weighted by atomic mass is 16.2. The average molecular weight is 224 g/mol. The minimum atomic E-state index is -0.0386. The van der Waals surface area contributed by atoms with Gasteiger partial charge >= 0.3 is 0 Å². The Morgan fingerprint density at radius 1 is 1.62 bits per heavy atom. The number of carbonyl (C=O) groups excluding carboxylic acids is 1. The van der Waals surface area contributed by atoms with Crippen molar-refractivity contribution in [3.05, 3.63) is 11.8 Å². The van der Waals surface area contributed by atoms with Crippen LogP contribution in [0.2, 0.25) is 0 Å². The Kier molecular flexibility index (Phi) is 4.49. The van der Waals surface area contributed by atoms with Gasteiger partial charge in [-0.3, -0.25) is 9.48 Å². The number of aromatic nitrogens is 2. The summed E-state index contributed by atoms with van der Waals surface area (Å²) in [5.74, 6) is 0.691. The van der Waals surface area contributed by atoms with E-state index in [0.29, 0.717) is 12.6 Å². The van der Waals surface area contributed by atoms with Crippen LogP contribution in [0.5, 0.6) is 0 Å². The predicted molar refractivity (Wildman–Crippen MR) is 64.3 cm³/mol. The SMILES string of the molecule is CCC(C)NCC(=O)Nc1cc(C)nn1C. The van der Waals surface area contributed by atoms with Crippen LogP contribution in [0.25, 0.3) is 0 Å². The zero-order valence-electron chi connectivity index (χ0n) is 10.4. The molecular weight excluding hydrogens is 204 g/mol. The Balaban J connectivity index is 2.43. The van der Waals surface area contributed by atoms with Crippen LogP contribution in [-0.4, -0.2) is 28.3 Å². The van der Waals surface area contributed by atoms with E-state index in [-0.39, 0.29) is 5.91 Å². The molecule has 1 unspecified atom stereocenters. The summed E-state index contributed by atoms with van der Waals surface area (Å²) in [6.45, 7) is 6.37. The van der Waals surface area contributed by atoms with Crippen molar-refractivity contribution in [3.8, 4) is 0 Å². The first-order valence-corrected chi connectivity index (χ1v) is 5.56. The fourth-order valence-electron chi connectivity index (χ4n) is 1.33. The first-order chi connectivity index (χ1) is 7.52. The third-order valence-electron chi connectivity index (χ3n) is 2.49. The summed E-state index contributed by atoms with van der Waals surface area (Å²) in [6, 6.07) is 2.21. The molecule has 90 valence electrons. The maximum atomic E-state index is 11.6. The molecule has 0 aliphatic carbocycles. The highest BCUT2D eigenvalue weighted by Crippen LogP contribution is 2.07. The number of nitrogens with one attached hydrogen (secondary N) is 2. The highest BCUT2D eigenvalue weighted by molar-refractivity contribution is 5.91. The maximum absolute atomic E-state index is 11.6. The lowest BCUT2D eigenvalue weighted by Gasteiger charge is -2.11. The zero-order chi connectivity index (χ0) is 12.1. The van der Waals surface area contributed by atoms with Gasteiger partial charge in [0.15, 0.2) is 0 Å². The average Bonchev–Trinajstić information content (AvgIpc) is 2.54. The van der Waals surface area contributed by atoms with Gasteiger partial charge in [-0.1, -0.05) is 6.92 Å². The molecule has 1 aromatic heterocycles. The topological polar surface area (TPSA) is 59.0 Å². The van der Waals surface area contributed by atoms with Gasteiger partial charge in [0.2, 0.25) is 5.91 Å². The molecule has 2 N–H and O–H groups in total. The molecule has 1 amide bonds. The first-order valence-electron chi connectivity index (χ1n) is 5.56. The molecule has 5 heteroatoms. The van der Waals surface area contributed by atoms with Crippen molar-refractivity contribution in [2.75, 3.05) is 11.9 Å². The van der Waals surface area contributed by atoms with Crippen LogP contribution in [0.3, 0.4) is 0 Å². The summed E-state index contributed by atoms with van der Waals surface area (Å²) in [7, 11) is 1.81. The van der Waals surface area contributed by atoms with E-state index in [0.717, 1.165) is 17.9 Å². The normalized spacial score (nSPS) is 12.5. The second-order valence-corrected chi connectivity index (χ2v) is 4.03. The highest BCUT2D eigenvalue weighted by Gasteiger charge is 2.07. The van der Waals surface area contributed by atoms with Crippen LogP contribution in [0.4, 0.5) is 5.82 Å². The lowest BCUT2D eigenvalue weighted by molar-refractivity contribution is -0.115. The molecule has 1 rings (SSSR count). The molecule has 0 spiro atoms. The summed E-state index contributed by atoms with van der Waals surface area (Å²) in [5, 5.41) is 10.1. The number of rotatable bonds is 5. The standard InChI is InChI=1S/C11H20N4O/c1-5-8(2)12-7-11(16)13-10-6-9(3)14-15(10)4/h6,8,12H,5,7H2,1-4H3,(H,13,16). The molecule has 0 aliphatic heterocycles. The van der Waals surface area contributed by atoms with Gasteiger partial charge in [-0.15, -0.1) is 0 Å². The molecule has 0 saturated heterocycles. The number of hydrogen-bond acceptors (Lipinski definition) is 3. The number of carbonyl (C=O) groups is 1. The van der Waals surface area contributed by atoms with Crippen LogP contribution >= 0.6 is 0 Å². The first kappa shape index (κ1) is 12.7. The van der Waals surface area contributed by atoms with Crippen molar-refractivity contribution >= 4 is 11.7 Å². The molecule has 1 aromatic rings. The van der Waals surface area contributed by atoms with Gasteiger partial charge in [-0.25, -0.2) is 0 Å². The summed E-state index contributed by atoms with van der Waals surface area (Å²) in [5.41, 5.74) is 0.896. The van der Waals surface area contributed by atoms with Crippen molar-refractivity contribution in [2.45, 2.75) is 33.2 Å². The quantitative estimate of drug-likeness (QED) is 0.786. The third-order valence-corrected chi connectivity index (χ3v) is 2.49. The van der Waals surface area contributed by atoms with Gasteiger partial charge in [-0.2, -0.15) is 5.10 Å². The summed E-state index contributed by atoms with van der Waals surface area (Å²) >= 11 is 0. The zero-order valence-corrected chi connectivity index (χ0v) is 10.4.